The number of hydrogen-bond acceptors (Lipinski definition) is 1. The summed E-state index contributed by atoms with van der Waals surface area (Å²) in [7, 11) is 0. The Kier molecular flexibility index (Phi) is 4.99. The lowest BCUT2D eigenvalue weighted by Gasteiger charge is -2.12. The van der Waals surface area contributed by atoms with E-state index in [1.54, 1.807) is 18.2 Å². The molecule has 0 spiro atoms. The Labute approximate surface area is 139 Å². The molecule has 100 valence electrons. The third-order valence-electron chi connectivity index (χ3n) is 2.13. The highest BCUT2D eigenvalue weighted by Gasteiger charge is 2.16. The Morgan fingerprint density at radius 1 is 0.632 bits per heavy atom. The van der Waals surface area contributed by atoms with Crippen molar-refractivity contribution in [3.8, 4) is 11.5 Å². The van der Waals surface area contributed by atoms with Crippen LogP contribution in [0, 0.1) is 0 Å². The van der Waals surface area contributed by atoms with Crippen LogP contribution in [-0.4, -0.2) is 0 Å². The minimum Gasteiger partial charge on any atom is -0.454 e. The van der Waals surface area contributed by atoms with Gasteiger partial charge in [0.25, 0.3) is 0 Å². The van der Waals surface area contributed by atoms with E-state index in [0.717, 1.165) is 0 Å². The molecule has 0 aromatic heterocycles. The first-order valence-corrected chi connectivity index (χ1v) is 7.12. The van der Waals surface area contributed by atoms with Crippen molar-refractivity contribution in [2.75, 3.05) is 0 Å². The zero-order valence-corrected chi connectivity index (χ0v) is 13.5. The first-order chi connectivity index (χ1) is 8.88. The van der Waals surface area contributed by atoms with Crippen molar-refractivity contribution in [3.05, 3.63) is 54.4 Å². The van der Waals surface area contributed by atoms with E-state index in [2.05, 4.69) is 0 Å². The lowest BCUT2D eigenvalue weighted by atomic mass is 10.3. The quantitative estimate of drug-likeness (QED) is 0.392. The summed E-state index contributed by atoms with van der Waals surface area (Å²) >= 11 is 35.6. The topological polar surface area (TPSA) is 9.23 Å². The molecule has 1 nitrogen and oxygen atoms in total. The van der Waals surface area contributed by atoms with Gasteiger partial charge in [0.1, 0.15) is 10.8 Å². The van der Waals surface area contributed by atoms with E-state index < -0.39 is 0 Å². The number of halogens is 6. The Morgan fingerprint density at radius 2 is 1.21 bits per heavy atom. The van der Waals surface area contributed by atoms with Gasteiger partial charge in [0.05, 0.1) is 15.1 Å². The summed E-state index contributed by atoms with van der Waals surface area (Å²) < 4.78 is 5.56. The molecule has 0 bridgehead atoms. The molecule has 0 saturated carbocycles. The maximum absolute atomic E-state index is 6.04. The third-order valence-corrected chi connectivity index (χ3v) is 4.09. The molecule has 0 aliphatic heterocycles. The molecule has 0 fully saturated rings. The third kappa shape index (κ3) is 3.55. The number of benzene rings is 2. The standard InChI is InChI=1S/C12H4Cl6O/c13-5-1-6(14)3-7(2-5)19-12-9(16)4-8(15)10(17)11(12)18/h1-4H. The summed E-state index contributed by atoms with van der Waals surface area (Å²) in [5, 5.41) is 1.61. The second-order valence-corrected chi connectivity index (χ2v) is 5.95. The van der Waals surface area contributed by atoms with Gasteiger partial charge in [-0.3, -0.25) is 0 Å². The van der Waals surface area contributed by atoms with Gasteiger partial charge in [-0.25, -0.2) is 0 Å². The molecule has 0 atom stereocenters. The van der Waals surface area contributed by atoms with Gasteiger partial charge >= 0.3 is 0 Å². The van der Waals surface area contributed by atoms with Crippen LogP contribution in [-0.2, 0) is 0 Å². The van der Waals surface area contributed by atoms with Crippen molar-refractivity contribution in [1.82, 2.24) is 0 Å². The highest BCUT2D eigenvalue weighted by Crippen LogP contribution is 2.44. The normalized spacial score (nSPS) is 10.6. The van der Waals surface area contributed by atoms with Crippen molar-refractivity contribution in [1.29, 1.82) is 0 Å². The number of rotatable bonds is 2. The lowest BCUT2D eigenvalue weighted by Crippen LogP contribution is -1.88. The Hall–Kier alpha value is -0.0200. The Morgan fingerprint density at radius 3 is 1.79 bits per heavy atom. The fourth-order valence-electron chi connectivity index (χ4n) is 1.35. The molecule has 0 aliphatic rings. The molecule has 2 rings (SSSR count). The highest BCUT2D eigenvalue weighted by atomic mass is 35.5. The van der Waals surface area contributed by atoms with Gasteiger partial charge < -0.3 is 4.74 Å². The Balaban J connectivity index is 2.46. The fourth-order valence-corrected chi connectivity index (χ4v) is 2.84. The van der Waals surface area contributed by atoms with Crippen molar-refractivity contribution < 1.29 is 4.74 Å². The summed E-state index contributed by atoms with van der Waals surface area (Å²) in [6.07, 6.45) is 0. The van der Waals surface area contributed by atoms with Gasteiger partial charge in [-0.2, -0.15) is 0 Å². The van der Waals surface area contributed by atoms with Crippen LogP contribution in [0.15, 0.2) is 24.3 Å². The maximum Gasteiger partial charge on any atom is 0.166 e. The van der Waals surface area contributed by atoms with Gasteiger partial charge in [0, 0.05) is 10.0 Å². The summed E-state index contributed by atoms with van der Waals surface area (Å²) in [4.78, 5) is 0. The van der Waals surface area contributed by atoms with Crippen molar-refractivity contribution in [2.45, 2.75) is 0 Å². The maximum atomic E-state index is 6.04. The van der Waals surface area contributed by atoms with Crippen LogP contribution in [0.25, 0.3) is 0 Å². The van der Waals surface area contributed by atoms with E-state index in [1.165, 1.54) is 6.07 Å². The largest absolute Gasteiger partial charge is 0.454 e. The smallest absolute Gasteiger partial charge is 0.166 e. The average molecular weight is 377 g/mol. The van der Waals surface area contributed by atoms with E-state index in [-0.39, 0.29) is 25.8 Å². The lowest BCUT2D eigenvalue weighted by molar-refractivity contribution is 0.483. The SMILES string of the molecule is Clc1cc(Cl)cc(Oc2c(Cl)cc(Cl)c(Cl)c2Cl)c1. The first-order valence-electron chi connectivity index (χ1n) is 4.85. The van der Waals surface area contributed by atoms with Crippen LogP contribution in [0.2, 0.25) is 30.1 Å². The number of ether oxygens (including phenoxy) is 1. The molecule has 0 saturated heterocycles. The molecule has 7 heteroatoms. The molecule has 0 unspecified atom stereocenters. The fraction of sp³-hybridized carbons (Fsp3) is 0. The van der Waals surface area contributed by atoms with Gasteiger partial charge in [-0.1, -0.05) is 69.6 Å². The monoisotopic (exact) mass is 374 g/mol. The van der Waals surface area contributed by atoms with E-state index in [0.29, 0.717) is 15.8 Å². The zero-order chi connectivity index (χ0) is 14.2. The molecular formula is C12H4Cl6O. The van der Waals surface area contributed by atoms with Crippen LogP contribution < -0.4 is 4.74 Å². The van der Waals surface area contributed by atoms with Gasteiger partial charge in [0.15, 0.2) is 5.75 Å². The molecule has 2 aromatic rings. The van der Waals surface area contributed by atoms with E-state index in [9.17, 15) is 0 Å². The van der Waals surface area contributed by atoms with Crippen molar-refractivity contribution >= 4 is 69.6 Å². The second kappa shape index (κ2) is 6.17. The summed E-state index contributed by atoms with van der Waals surface area (Å²) in [5.41, 5.74) is 0. The highest BCUT2D eigenvalue weighted by molar-refractivity contribution is 6.50. The molecule has 0 aliphatic carbocycles. The van der Waals surface area contributed by atoms with E-state index in [1.807, 2.05) is 0 Å². The average Bonchev–Trinajstić information content (AvgIpc) is 2.31. The van der Waals surface area contributed by atoms with Crippen LogP contribution in [0.3, 0.4) is 0 Å². The van der Waals surface area contributed by atoms with Gasteiger partial charge in [-0.15, -0.1) is 0 Å². The van der Waals surface area contributed by atoms with Crippen molar-refractivity contribution in [2.24, 2.45) is 0 Å². The predicted octanol–water partition coefficient (Wildman–Crippen LogP) is 7.40. The van der Waals surface area contributed by atoms with Crippen LogP contribution in [0.4, 0.5) is 0 Å². The van der Waals surface area contributed by atoms with Crippen LogP contribution in [0.5, 0.6) is 11.5 Å². The Bertz CT molecular complexity index is 620. The molecule has 2 aromatic carbocycles. The van der Waals surface area contributed by atoms with Crippen LogP contribution >= 0.6 is 69.6 Å². The minimum absolute atomic E-state index is 0.121. The summed E-state index contributed by atoms with van der Waals surface area (Å²) in [6.45, 7) is 0. The molecule has 0 radical (unpaired) electrons. The predicted molar refractivity (Wildman–Crippen MR) is 83.0 cm³/mol. The van der Waals surface area contributed by atoms with Gasteiger partial charge in [0.2, 0.25) is 0 Å². The van der Waals surface area contributed by atoms with E-state index in [4.69, 9.17) is 74.3 Å². The number of hydrogen-bond donors (Lipinski definition) is 0. The zero-order valence-electron chi connectivity index (χ0n) is 8.99. The summed E-state index contributed by atoms with van der Waals surface area (Å²) in [5.74, 6) is 0.579. The molecular weight excluding hydrogens is 373 g/mol. The minimum atomic E-state index is 0.121. The van der Waals surface area contributed by atoms with Gasteiger partial charge in [-0.05, 0) is 24.3 Å². The summed E-state index contributed by atoms with van der Waals surface area (Å²) in [6, 6.07) is 6.16. The molecule has 19 heavy (non-hydrogen) atoms. The molecule has 0 amide bonds. The molecule has 0 N–H and O–H groups in total. The second-order valence-electron chi connectivity index (χ2n) is 3.50. The van der Waals surface area contributed by atoms with Crippen molar-refractivity contribution in [3.63, 3.8) is 0 Å². The molecule has 0 heterocycles. The first kappa shape index (κ1) is 15.4. The van der Waals surface area contributed by atoms with E-state index >= 15 is 0 Å². The van der Waals surface area contributed by atoms with Crippen LogP contribution in [0.1, 0.15) is 0 Å².